The van der Waals surface area contributed by atoms with E-state index >= 15 is 0 Å². The van der Waals surface area contributed by atoms with E-state index in [-0.39, 0.29) is 6.61 Å². The maximum atomic E-state index is 10.5. The minimum Gasteiger partial charge on any atom is -0.444 e. The Kier molecular flexibility index (Phi) is 2.37. The van der Waals surface area contributed by atoms with Crippen LogP contribution in [0.4, 0.5) is 9.59 Å². The second-order valence-electron chi connectivity index (χ2n) is 2.33. The molecule has 67 valence electrons. The fraction of sp³-hybridized carbons (Fsp3) is 0.667. The molecule has 1 fully saturated rings. The molecule has 2 atom stereocenters. The number of hydrogen-bond acceptors (Lipinski definition) is 5. The first kappa shape index (κ1) is 8.63. The van der Waals surface area contributed by atoms with Crippen molar-refractivity contribution in [1.82, 2.24) is 5.73 Å². The van der Waals surface area contributed by atoms with E-state index in [0.717, 1.165) is 0 Å². The Morgan fingerprint density at radius 2 is 2.33 bits per heavy atom. The summed E-state index contributed by atoms with van der Waals surface area (Å²) in [6.45, 7) is 1.49. The molecule has 1 aliphatic rings. The van der Waals surface area contributed by atoms with Gasteiger partial charge in [-0.3, -0.25) is 0 Å². The van der Waals surface area contributed by atoms with Crippen molar-refractivity contribution < 1.29 is 23.8 Å². The van der Waals surface area contributed by atoms with Gasteiger partial charge in [0.25, 0.3) is 0 Å². The lowest BCUT2D eigenvalue weighted by Crippen LogP contribution is -2.26. The quantitative estimate of drug-likeness (QED) is 0.563. The molecular weight excluding hydrogens is 166 g/mol. The van der Waals surface area contributed by atoms with Crippen molar-refractivity contribution in [2.75, 3.05) is 6.61 Å². The second kappa shape index (κ2) is 3.29. The largest absolute Gasteiger partial charge is 0.509 e. The molecule has 0 saturated carbocycles. The highest BCUT2D eigenvalue weighted by molar-refractivity contribution is 5.64. The highest BCUT2D eigenvalue weighted by Gasteiger charge is 2.33. The van der Waals surface area contributed by atoms with Crippen LogP contribution in [0.5, 0.6) is 0 Å². The Bertz CT molecular complexity index is 204. The summed E-state index contributed by atoms with van der Waals surface area (Å²) in [7, 11) is 0. The van der Waals surface area contributed by atoms with Gasteiger partial charge >= 0.3 is 12.2 Å². The van der Waals surface area contributed by atoms with Crippen molar-refractivity contribution in [3.05, 3.63) is 0 Å². The summed E-state index contributed by atoms with van der Waals surface area (Å²) >= 11 is 0. The molecule has 6 heteroatoms. The standard InChI is InChI=1S/C6H8NO5/c1-3-4(2-10-5(7)8)12-6(9)11-3/h3-4,7H,2H2,1H3. The van der Waals surface area contributed by atoms with Crippen LogP contribution in [0.2, 0.25) is 0 Å². The summed E-state index contributed by atoms with van der Waals surface area (Å²) in [6, 6.07) is 0. The zero-order valence-electron chi connectivity index (χ0n) is 6.40. The second-order valence-corrected chi connectivity index (χ2v) is 2.33. The SMILES string of the molecule is CC1OC(=O)OC1COC([NH])=O. The fourth-order valence-corrected chi connectivity index (χ4v) is 0.802. The molecule has 1 N–H and O–H groups in total. The van der Waals surface area contributed by atoms with Crippen molar-refractivity contribution >= 4 is 12.2 Å². The van der Waals surface area contributed by atoms with Gasteiger partial charge in [0.1, 0.15) is 12.7 Å². The van der Waals surface area contributed by atoms with E-state index in [1.54, 1.807) is 6.92 Å². The Morgan fingerprint density at radius 3 is 2.75 bits per heavy atom. The number of amides is 1. The maximum absolute atomic E-state index is 10.5. The average molecular weight is 174 g/mol. The van der Waals surface area contributed by atoms with E-state index < -0.39 is 24.5 Å². The molecule has 0 aromatic heterocycles. The van der Waals surface area contributed by atoms with Gasteiger partial charge in [0.2, 0.25) is 0 Å². The Labute approximate surface area is 68.6 Å². The number of ether oxygens (including phenoxy) is 3. The summed E-state index contributed by atoms with van der Waals surface area (Å²) in [5, 5.41) is 0. The molecular formula is C6H8NO5. The molecule has 0 aromatic rings. The third-order valence-corrected chi connectivity index (χ3v) is 1.43. The zero-order chi connectivity index (χ0) is 9.14. The highest BCUT2D eigenvalue weighted by Crippen LogP contribution is 2.14. The summed E-state index contributed by atoms with van der Waals surface area (Å²) < 4.78 is 13.5. The van der Waals surface area contributed by atoms with E-state index in [4.69, 9.17) is 5.73 Å². The molecule has 2 unspecified atom stereocenters. The predicted octanol–water partition coefficient (Wildman–Crippen LogP) is 0.330. The summed E-state index contributed by atoms with van der Waals surface area (Å²) in [5.74, 6) is 0. The molecule has 1 rings (SSSR count). The van der Waals surface area contributed by atoms with Gasteiger partial charge in [0.05, 0.1) is 0 Å². The zero-order valence-corrected chi connectivity index (χ0v) is 6.40. The average Bonchev–Trinajstić information content (AvgIpc) is 2.26. The third-order valence-electron chi connectivity index (χ3n) is 1.43. The van der Waals surface area contributed by atoms with Crippen molar-refractivity contribution in [2.45, 2.75) is 19.1 Å². The topological polar surface area (TPSA) is 85.6 Å². The van der Waals surface area contributed by atoms with Crippen LogP contribution in [0.15, 0.2) is 0 Å². The van der Waals surface area contributed by atoms with Crippen LogP contribution in [0.25, 0.3) is 0 Å². The van der Waals surface area contributed by atoms with Crippen LogP contribution in [0.3, 0.4) is 0 Å². The van der Waals surface area contributed by atoms with Crippen LogP contribution in [-0.4, -0.2) is 31.1 Å². The maximum Gasteiger partial charge on any atom is 0.509 e. The molecule has 0 aromatic carbocycles. The lowest BCUT2D eigenvalue weighted by atomic mass is 10.2. The Morgan fingerprint density at radius 1 is 1.67 bits per heavy atom. The number of rotatable bonds is 2. The lowest BCUT2D eigenvalue weighted by molar-refractivity contribution is 0.0671. The molecule has 1 heterocycles. The van der Waals surface area contributed by atoms with Gasteiger partial charge in [-0.25, -0.2) is 15.3 Å². The monoisotopic (exact) mass is 174 g/mol. The molecule has 0 spiro atoms. The number of hydrogen-bond donors (Lipinski definition) is 0. The van der Waals surface area contributed by atoms with E-state index in [2.05, 4.69) is 14.2 Å². The number of cyclic esters (lactones) is 2. The van der Waals surface area contributed by atoms with Crippen LogP contribution in [-0.2, 0) is 14.2 Å². The van der Waals surface area contributed by atoms with Gasteiger partial charge in [0.15, 0.2) is 6.10 Å². The predicted molar refractivity (Wildman–Crippen MR) is 35.3 cm³/mol. The fourth-order valence-electron chi connectivity index (χ4n) is 0.802. The summed E-state index contributed by atoms with van der Waals surface area (Å²) in [4.78, 5) is 20.5. The van der Waals surface area contributed by atoms with Crippen molar-refractivity contribution in [3.63, 3.8) is 0 Å². The first-order chi connectivity index (χ1) is 5.59. The van der Waals surface area contributed by atoms with Crippen LogP contribution in [0, 0.1) is 0 Å². The molecule has 1 aliphatic heterocycles. The van der Waals surface area contributed by atoms with Gasteiger partial charge in [-0.2, -0.15) is 0 Å². The molecule has 1 radical (unpaired) electrons. The molecule has 1 amide bonds. The van der Waals surface area contributed by atoms with Crippen LogP contribution in [0.1, 0.15) is 6.92 Å². The molecule has 6 nitrogen and oxygen atoms in total. The molecule has 0 bridgehead atoms. The Hall–Kier alpha value is -1.46. The van der Waals surface area contributed by atoms with Gasteiger partial charge in [-0.1, -0.05) is 0 Å². The van der Waals surface area contributed by atoms with Gasteiger partial charge in [-0.15, -0.1) is 0 Å². The van der Waals surface area contributed by atoms with Gasteiger partial charge < -0.3 is 14.2 Å². The minimum atomic E-state index is -1.15. The smallest absolute Gasteiger partial charge is 0.444 e. The first-order valence-electron chi connectivity index (χ1n) is 3.35. The summed E-state index contributed by atoms with van der Waals surface area (Å²) in [5.41, 5.74) is 6.42. The lowest BCUT2D eigenvalue weighted by Gasteiger charge is -2.09. The van der Waals surface area contributed by atoms with E-state index in [0.29, 0.717) is 0 Å². The first-order valence-corrected chi connectivity index (χ1v) is 3.35. The Balaban J connectivity index is 2.33. The highest BCUT2D eigenvalue weighted by atomic mass is 16.8. The van der Waals surface area contributed by atoms with Crippen LogP contribution < -0.4 is 5.73 Å². The van der Waals surface area contributed by atoms with E-state index in [1.165, 1.54) is 0 Å². The van der Waals surface area contributed by atoms with E-state index in [1.807, 2.05) is 0 Å². The van der Waals surface area contributed by atoms with Gasteiger partial charge in [0, 0.05) is 0 Å². The molecule has 0 aliphatic carbocycles. The minimum absolute atomic E-state index is 0.130. The van der Waals surface area contributed by atoms with Crippen molar-refractivity contribution in [1.29, 1.82) is 0 Å². The number of nitrogens with one attached hydrogen (secondary N) is 1. The van der Waals surface area contributed by atoms with Crippen LogP contribution >= 0.6 is 0 Å². The van der Waals surface area contributed by atoms with E-state index in [9.17, 15) is 9.59 Å². The van der Waals surface area contributed by atoms with Crippen molar-refractivity contribution in [2.24, 2.45) is 0 Å². The number of carbonyl (C=O) groups excluding carboxylic acids is 2. The molecule has 12 heavy (non-hydrogen) atoms. The third kappa shape index (κ3) is 2.01. The summed E-state index contributed by atoms with van der Waals surface area (Å²) in [6.07, 6.45) is -2.94. The van der Waals surface area contributed by atoms with Gasteiger partial charge in [-0.05, 0) is 6.92 Å². The van der Waals surface area contributed by atoms with Crippen molar-refractivity contribution in [3.8, 4) is 0 Å². The normalized spacial score (nSPS) is 27.6. The molecule has 1 saturated heterocycles. The number of carbonyl (C=O) groups is 2.